The highest BCUT2D eigenvalue weighted by atomic mass is 32.2. The highest BCUT2D eigenvalue weighted by molar-refractivity contribution is 8.00. The van der Waals surface area contributed by atoms with Crippen LogP contribution < -0.4 is 10.6 Å². The van der Waals surface area contributed by atoms with Crippen LogP contribution in [0.2, 0.25) is 0 Å². The summed E-state index contributed by atoms with van der Waals surface area (Å²) in [6, 6.07) is 0.555. The summed E-state index contributed by atoms with van der Waals surface area (Å²) in [6.45, 7) is 21.7. The highest BCUT2D eigenvalue weighted by Gasteiger charge is 2.37. The number of carbonyl (C=O) groups is 1. The van der Waals surface area contributed by atoms with Gasteiger partial charge in [0.2, 0.25) is 5.91 Å². The summed E-state index contributed by atoms with van der Waals surface area (Å²) in [5, 5.41) is 7.28. The maximum absolute atomic E-state index is 11.7. The Bertz CT molecular complexity index is 371. The molecule has 0 bridgehead atoms. The summed E-state index contributed by atoms with van der Waals surface area (Å²) in [4.78, 5) is 11.7. The lowest BCUT2D eigenvalue weighted by atomic mass is 9.84. The number of unbranched alkanes of at least 4 members (excludes halogenated alkanes) is 2. The predicted octanol–water partition coefficient (Wildman–Crippen LogP) is 6.39. The molecule has 27 heavy (non-hydrogen) atoms. The predicted molar refractivity (Wildman–Crippen MR) is 125 cm³/mol. The van der Waals surface area contributed by atoms with Crippen molar-refractivity contribution < 1.29 is 4.79 Å². The van der Waals surface area contributed by atoms with Crippen LogP contribution in [0.1, 0.15) is 93.9 Å². The fourth-order valence-electron chi connectivity index (χ4n) is 3.46. The molecule has 0 aromatic heterocycles. The Hall–Kier alpha value is -0.640. The molecule has 1 heterocycles. The zero-order valence-electron chi connectivity index (χ0n) is 19.5. The maximum Gasteiger partial charge on any atom is 0.219 e. The third-order valence-corrected chi connectivity index (χ3v) is 6.11. The first-order valence-corrected chi connectivity index (χ1v) is 12.3. The van der Waals surface area contributed by atoms with Gasteiger partial charge in [-0.3, -0.25) is 4.79 Å². The van der Waals surface area contributed by atoms with Gasteiger partial charge in [0.15, 0.2) is 0 Å². The number of rotatable bonds is 11. The van der Waals surface area contributed by atoms with Crippen LogP contribution in [0.5, 0.6) is 0 Å². The zero-order chi connectivity index (χ0) is 21.2. The number of thioether (sulfide) groups is 1. The molecule has 1 aliphatic rings. The smallest absolute Gasteiger partial charge is 0.219 e. The van der Waals surface area contributed by atoms with Gasteiger partial charge >= 0.3 is 0 Å². The fourth-order valence-corrected chi connectivity index (χ4v) is 5.28. The van der Waals surface area contributed by atoms with E-state index >= 15 is 0 Å². The average molecular weight is 401 g/mol. The SMILES string of the molecule is C=C(C)NC1CSC(CCCCC(=O)NCCCC)C1C(C)C.CC.CC. The maximum atomic E-state index is 11.7. The lowest BCUT2D eigenvalue weighted by Crippen LogP contribution is -2.38. The van der Waals surface area contributed by atoms with Crippen molar-refractivity contribution in [3.05, 3.63) is 12.3 Å². The average Bonchev–Trinajstić information content (AvgIpc) is 3.04. The lowest BCUT2D eigenvalue weighted by Gasteiger charge is -2.29. The number of amides is 1. The van der Waals surface area contributed by atoms with E-state index in [4.69, 9.17) is 0 Å². The molecular formula is C23H48N2OS. The third kappa shape index (κ3) is 13.2. The summed E-state index contributed by atoms with van der Waals surface area (Å²) in [5.41, 5.74) is 1.07. The Morgan fingerprint density at radius 3 is 2.30 bits per heavy atom. The van der Waals surface area contributed by atoms with Crippen molar-refractivity contribution in [3.8, 4) is 0 Å². The Morgan fingerprint density at radius 1 is 1.15 bits per heavy atom. The monoisotopic (exact) mass is 400 g/mol. The van der Waals surface area contributed by atoms with E-state index < -0.39 is 0 Å². The van der Waals surface area contributed by atoms with Crippen molar-refractivity contribution in [2.75, 3.05) is 12.3 Å². The van der Waals surface area contributed by atoms with Crippen molar-refractivity contribution in [2.24, 2.45) is 11.8 Å². The molecule has 1 amide bonds. The van der Waals surface area contributed by atoms with Gasteiger partial charge in [0.1, 0.15) is 0 Å². The normalized spacial score (nSPS) is 20.9. The summed E-state index contributed by atoms with van der Waals surface area (Å²) in [6.07, 6.45) is 6.29. The molecule has 3 unspecified atom stereocenters. The van der Waals surface area contributed by atoms with Crippen molar-refractivity contribution >= 4 is 17.7 Å². The number of hydrogen-bond donors (Lipinski definition) is 2. The summed E-state index contributed by atoms with van der Waals surface area (Å²) in [5.74, 6) is 2.79. The molecule has 1 saturated heterocycles. The topological polar surface area (TPSA) is 41.1 Å². The summed E-state index contributed by atoms with van der Waals surface area (Å²) < 4.78 is 0. The Labute approximate surface area is 174 Å². The van der Waals surface area contributed by atoms with Crippen molar-refractivity contribution in [2.45, 2.75) is 105 Å². The first-order valence-electron chi connectivity index (χ1n) is 11.3. The largest absolute Gasteiger partial charge is 0.385 e. The molecule has 0 aliphatic carbocycles. The van der Waals surface area contributed by atoms with Gasteiger partial charge in [-0.05, 0) is 38.0 Å². The number of carbonyl (C=O) groups excluding carboxylic acids is 1. The van der Waals surface area contributed by atoms with Crippen LogP contribution >= 0.6 is 11.8 Å². The number of nitrogens with one attached hydrogen (secondary N) is 2. The molecule has 2 N–H and O–H groups in total. The summed E-state index contributed by atoms with van der Waals surface area (Å²) >= 11 is 2.10. The molecule has 0 spiro atoms. The van der Waals surface area contributed by atoms with E-state index in [-0.39, 0.29) is 5.91 Å². The second-order valence-corrected chi connectivity index (χ2v) is 8.45. The van der Waals surface area contributed by atoms with Crippen LogP contribution in [0.15, 0.2) is 12.3 Å². The Morgan fingerprint density at radius 2 is 1.78 bits per heavy atom. The van der Waals surface area contributed by atoms with Gasteiger partial charge in [-0.15, -0.1) is 0 Å². The van der Waals surface area contributed by atoms with Gasteiger partial charge in [-0.25, -0.2) is 0 Å². The molecule has 3 atom stereocenters. The minimum Gasteiger partial charge on any atom is -0.385 e. The minimum atomic E-state index is 0.222. The molecule has 1 rings (SSSR count). The van der Waals surface area contributed by atoms with E-state index in [0.717, 1.165) is 43.2 Å². The van der Waals surface area contributed by atoms with E-state index in [1.807, 2.05) is 34.6 Å². The van der Waals surface area contributed by atoms with E-state index in [2.05, 4.69) is 49.7 Å². The first-order chi connectivity index (χ1) is 13.0. The Kier molecular flexibility index (Phi) is 19.8. The van der Waals surface area contributed by atoms with Crippen molar-refractivity contribution in [3.63, 3.8) is 0 Å². The summed E-state index contributed by atoms with van der Waals surface area (Å²) in [7, 11) is 0. The van der Waals surface area contributed by atoms with Crippen LogP contribution in [-0.4, -0.2) is 29.5 Å². The van der Waals surface area contributed by atoms with Crippen LogP contribution in [0.25, 0.3) is 0 Å². The molecule has 1 fully saturated rings. The van der Waals surface area contributed by atoms with Crippen LogP contribution in [0.3, 0.4) is 0 Å². The molecule has 0 aromatic rings. The molecule has 0 aromatic carbocycles. The standard InChI is InChI=1S/C19H36N2OS.2C2H6/c1-6-7-12-20-18(22)11-9-8-10-17-19(14(2)3)16(13-23-17)21-15(4)5;2*1-2/h14,16-17,19,21H,4,6-13H2,1-3,5H3,(H,20,22);2*1-2H3. The minimum absolute atomic E-state index is 0.222. The van der Waals surface area contributed by atoms with Crippen LogP contribution in [-0.2, 0) is 4.79 Å². The van der Waals surface area contributed by atoms with E-state index in [1.165, 1.54) is 12.2 Å². The molecule has 162 valence electrons. The van der Waals surface area contributed by atoms with Gasteiger partial charge in [0.25, 0.3) is 0 Å². The molecule has 0 saturated carbocycles. The highest BCUT2D eigenvalue weighted by Crippen LogP contribution is 2.40. The van der Waals surface area contributed by atoms with Gasteiger partial charge in [-0.1, -0.05) is 67.9 Å². The third-order valence-electron chi connectivity index (χ3n) is 4.58. The van der Waals surface area contributed by atoms with E-state index in [9.17, 15) is 4.79 Å². The number of allylic oxidation sites excluding steroid dienone is 1. The molecule has 1 aliphatic heterocycles. The van der Waals surface area contributed by atoms with Crippen LogP contribution in [0, 0.1) is 11.8 Å². The molecular weight excluding hydrogens is 352 g/mol. The van der Waals surface area contributed by atoms with Crippen LogP contribution in [0.4, 0.5) is 0 Å². The molecule has 3 nitrogen and oxygen atoms in total. The van der Waals surface area contributed by atoms with Gasteiger partial charge < -0.3 is 10.6 Å². The van der Waals surface area contributed by atoms with Crippen molar-refractivity contribution in [1.82, 2.24) is 10.6 Å². The van der Waals surface area contributed by atoms with Gasteiger partial charge in [0, 0.05) is 35.7 Å². The van der Waals surface area contributed by atoms with Crippen molar-refractivity contribution in [1.29, 1.82) is 0 Å². The quantitative estimate of drug-likeness (QED) is 0.394. The fraction of sp³-hybridized carbons (Fsp3) is 0.870. The first kappa shape index (κ1) is 28.6. The number of hydrogen-bond acceptors (Lipinski definition) is 3. The lowest BCUT2D eigenvalue weighted by molar-refractivity contribution is -0.121. The van der Waals surface area contributed by atoms with Gasteiger partial charge in [0.05, 0.1) is 0 Å². The molecule has 4 heteroatoms. The van der Waals surface area contributed by atoms with E-state index in [1.54, 1.807) is 0 Å². The Balaban J connectivity index is 0. The van der Waals surface area contributed by atoms with E-state index in [0.29, 0.717) is 24.3 Å². The van der Waals surface area contributed by atoms with Gasteiger partial charge in [-0.2, -0.15) is 11.8 Å². The second kappa shape index (κ2) is 18.7. The second-order valence-electron chi connectivity index (χ2n) is 7.17. The zero-order valence-corrected chi connectivity index (χ0v) is 20.3. The molecule has 0 radical (unpaired) electrons.